The standard InChI is InChI=1S/C15H14FN3/c1-10-4-5-18-7-12(10)9-19-8-11-2-3-13(16)6-14(11)15(19)17/h2-7,17H,8-9H2,1H3. The Morgan fingerprint density at radius 2 is 2.21 bits per heavy atom. The Bertz CT molecular complexity index is 652. The summed E-state index contributed by atoms with van der Waals surface area (Å²) in [5, 5.41) is 8.14. The second-order valence-electron chi connectivity index (χ2n) is 4.81. The van der Waals surface area contributed by atoms with E-state index in [-0.39, 0.29) is 5.82 Å². The highest BCUT2D eigenvalue weighted by atomic mass is 19.1. The van der Waals surface area contributed by atoms with Crippen molar-refractivity contribution >= 4 is 5.84 Å². The van der Waals surface area contributed by atoms with E-state index in [1.807, 2.05) is 24.1 Å². The van der Waals surface area contributed by atoms with Crippen molar-refractivity contribution in [3.8, 4) is 0 Å². The maximum Gasteiger partial charge on any atom is 0.129 e. The van der Waals surface area contributed by atoms with Gasteiger partial charge in [0.2, 0.25) is 0 Å². The van der Waals surface area contributed by atoms with Crippen LogP contribution < -0.4 is 0 Å². The Kier molecular flexibility index (Phi) is 2.78. The first-order chi connectivity index (χ1) is 9.15. The number of amidine groups is 1. The molecule has 0 atom stereocenters. The lowest BCUT2D eigenvalue weighted by Gasteiger charge is -2.18. The van der Waals surface area contributed by atoms with Crippen LogP contribution in [0.2, 0.25) is 0 Å². The second-order valence-corrected chi connectivity index (χ2v) is 4.81. The van der Waals surface area contributed by atoms with Gasteiger partial charge in [-0.15, -0.1) is 0 Å². The largest absolute Gasteiger partial charge is 0.348 e. The van der Waals surface area contributed by atoms with Gasteiger partial charge in [0.05, 0.1) is 0 Å². The van der Waals surface area contributed by atoms with Gasteiger partial charge in [-0.3, -0.25) is 10.4 Å². The van der Waals surface area contributed by atoms with E-state index in [0.29, 0.717) is 24.5 Å². The summed E-state index contributed by atoms with van der Waals surface area (Å²) in [6.45, 7) is 3.32. The molecule has 0 spiro atoms. The molecule has 3 nitrogen and oxygen atoms in total. The van der Waals surface area contributed by atoms with Crippen LogP contribution in [0.3, 0.4) is 0 Å². The summed E-state index contributed by atoms with van der Waals surface area (Å²) in [6, 6.07) is 6.61. The smallest absolute Gasteiger partial charge is 0.129 e. The number of aromatic nitrogens is 1. The van der Waals surface area contributed by atoms with Gasteiger partial charge in [0, 0.05) is 31.0 Å². The molecule has 1 N–H and O–H groups in total. The van der Waals surface area contributed by atoms with E-state index in [4.69, 9.17) is 5.41 Å². The van der Waals surface area contributed by atoms with Gasteiger partial charge < -0.3 is 4.90 Å². The molecule has 1 aliphatic rings. The Morgan fingerprint density at radius 3 is 3.00 bits per heavy atom. The number of aryl methyl sites for hydroxylation is 1. The first-order valence-electron chi connectivity index (χ1n) is 6.17. The Hall–Kier alpha value is -2.23. The molecule has 1 aliphatic heterocycles. The van der Waals surface area contributed by atoms with Crippen molar-refractivity contribution in [2.24, 2.45) is 0 Å². The third-order valence-corrected chi connectivity index (χ3v) is 3.51. The summed E-state index contributed by atoms with van der Waals surface area (Å²) < 4.78 is 13.2. The van der Waals surface area contributed by atoms with Crippen LogP contribution >= 0.6 is 0 Å². The highest BCUT2D eigenvalue weighted by molar-refractivity contribution is 6.00. The monoisotopic (exact) mass is 255 g/mol. The number of fused-ring (bicyclic) bond motifs is 1. The van der Waals surface area contributed by atoms with Crippen LogP contribution in [0.25, 0.3) is 0 Å². The predicted octanol–water partition coefficient (Wildman–Crippen LogP) is 2.87. The number of halogens is 1. The van der Waals surface area contributed by atoms with Crippen molar-refractivity contribution in [1.29, 1.82) is 5.41 Å². The van der Waals surface area contributed by atoms with Gasteiger partial charge in [-0.2, -0.15) is 0 Å². The van der Waals surface area contributed by atoms with Gasteiger partial charge in [0.1, 0.15) is 11.7 Å². The molecule has 19 heavy (non-hydrogen) atoms. The van der Waals surface area contributed by atoms with E-state index >= 15 is 0 Å². The zero-order chi connectivity index (χ0) is 13.4. The predicted molar refractivity (Wildman–Crippen MR) is 71.4 cm³/mol. The van der Waals surface area contributed by atoms with Crippen LogP contribution in [-0.2, 0) is 13.1 Å². The number of nitrogens with zero attached hydrogens (tertiary/aromatic N) is 2. The molecule has 0 unspecified atom stereocenters. The van der Waals surface area contributed by atoms with E-state index in [9.17, 15) is 4.39 Å². The minimum Gasteiger partial charge on any atom is -0.348 e. The van der Waals surface area contributed by atoms with E-state index in [2.05, 4.69) is 4.98 Å². The molecule has 0 saturated carbocycles. The van der Waals surface area contributed by atoms with Crippen molar-refractivity contribution in [2.75, 3.05) is 0 Å². The summed E-state index contributed by atoms with van der Waals surface area (Å²) in [5.74, 6) is 0.0978. The Labute approximate surface area is 111 Å². The van der Waals surface area contributed by atoms with Gasteiger partial charge in [0.15, 0.2) is 0 Å². The fraction of sp³-hybridized carbons (Fsp3) is 0.200. The average Bonchev–Trinajstić information content (AvgIpc) is 2.70. The normalized spacial score (nSPS) is 13.8. The van der Waals surface area contributed by atoms with Crippen molar-refractivity contribution in [3.63, 3.8) is 0 Å². The fourth-order valence-corrected chi connectivity index (χ4v) is 2.36. The molecule has 96 valence electrons. The van der Waals surface area contributed by atoms with Crippen molar-refractivity contribution in [2.45, 2.75) is 20.0 Å². The van der Waals surface area contributed by atoms with Crippen LogP contribution in [0.1, 0.15) is 22.3 Å². The molecule has 0 saturated heterocycles. The molecular formula is C15H14FN3. The number of pyridine rings is 1. The van der Waals surface area contributed by atoms with Gasteiger partial charge >= 0.3 is 0 Å². The highest BCUT2D eigenvalue weighted by Gasteiger charge is 2.24. The van der Waals surface area contributed by atoms with Crippen molar-refractivity contribution in [3.05, 3.63) is 64.7 Å². The van der Waals surface area contributed by atoms with Gasteiger partial charge in [-0.05, 0) is 41.8 Å². The third kappa shape index (κ3) is 2.10. The zero-order valence-electron chi connectivity index (χ0n) is 10.7. The summed E-state index contributed by atoms with van der Waals surface area (Å²) in [6.07, 6.45) is 3.59. The van der Waals surface area contributed by atoms with E-state index in [1.165, 1.54) is 12.1 Å². The molecule has 2 heterocycles. The maximum absolute atomic E-state index is 13.2. The summed E-state index contributed by atoms with van der Waals surface area (Å²) >= 11 is 0. The molecule has 1 aromatic heterocycles. The highest BCUT2D eigenvalue weighted by Crippen LogP contribution is 2.25. The summed E-state index contributed by atoms with van der Waals surface area (Å²) in [7, 11) is 0. The van der Waals surface area contributed by atoms with Gasteiger partial charge in [-0.25, -0.2) is 4.39 Å². The number of hydrogen-bond acceptors (Lipinski definition) is 2. The third-order valence-electron chi connectivity index (χ3n) is 3.51. The Morgan fingerprint density at radius 1 is 1.37 bits per heavy atom. The topological polar surface area (TPSA) is 40.0 Å². The number of rotatable bonds is 2. The zero-order valence-corrected chi connectivity index (χ0v) is 10.7. The molecule has 0 fully saturated rings. The van der Waals surface area contributed by atoms with E-state index in [1.54, 1.807) is 12.3 Å². The SMILES string of the molecule is Cc1ccncc1CN1Cc2ccc(F)cc2C1=N. The van der Waals surface area contributed by atoms with Crippen LogP contribution in [0.15, 0.2) is 36.7 Å². The summed E-state index contributed by atoms with van der Waals surface area (Å²) in [4.78, 5) is 6.06. The quantitative estimate of drug-likeness (QED) is 0.896. The second kappa shape index (κ2) is 4.46. The Balaban J connectivity index is 1.87. The van der Waals surface area contributed by atoms with Crippen LogP contribution in [0.4, 0.5) is 4.39 Å². The van der Waals surface area contributed by atoms with E-state index < -0.39 is 0 Å². The summed E-state index contributed by atoms with van der Waals surface area (Å²) in [5.41, 5.74) is 3.96. The molecule has 0 aliphatic carbocycles. The fourth-order valence-electron chi connectivity index (χ4n) is 2.36. The lowest BCUT2D eigenvalue weighted by molar-refractivity contribution is 0.420. The molecular weight excluding hydrogens is 241 g/mol. The first kappa shape index (κ1) is 11.8. The van der Waals surface area contributed by atoms with Gasteiger partial charge in [0.25, 0.3) is 0 Å². The lowest BCUT2D eigenvalue weighted by Crippen LogP contribution is -2.23. The van der Waals surface area contributed by atoms with E-state index in [0.717, 1.165) is 16.7 Å². The van der Waals surface area contributed by atoms with Crippen LogP contribution in [0, 0.1) is 18.2 Å². The molecule has 1 aromatic carbocycles. The van der Waals surface area contributed by atoms with Crippen LogP contribution in [-0.4, -0.2) is 15.7 Å². The number of benzene rings is 1. The van der Waals surface area contributed by atoms with Crippen LogP contribution in [0.5, 0.6) is 0 Å². The average molecular weight is 255 g/mol. The molecule has 3 rings (SSSR count). The maximum atomic E-state index is 13.2. The number of hydrogen-bond donors (Lipinski definition) is 1. The van der Waals surface area contributed by atoms with Crippen molar-refractivity contribution < 1.29 is 4.39 Å². The molecule has 4 heteroatoms. The lowest BCUT2D eigenvalue weighted by atomic mass is 10.1. The molecule has 2 aromatic rings. The first-order valence-corrected chi connectivity index (χ1v) is 6.17. The van der Waals surface area contributed by atoms with Gasteiger partial charge in [-0.1, -0.05) is 6.07 Å². The molecule has 0 radical (unpaired) electrons. The minimum absolute atomic E-state index is 0.289. The molecule has 0 amide bonds. The minimum atomic E-state index is -0.289. The van der Waals surface area contributed by atoms with Crippen molar-refractivity contribution in [1.82, 2.24) is 9.88 Å². The number of nitrogens with one attached hydrogen (secondary N) is 1. The molecule has 0 bridgehead atoms.